The Morgan fingerprint density at radius 1 is 0.905 bits per heavy atom. The molecule has 0 radical (unpaired) electrons. The third kappa shape index (κ3) is 8.62. The molecule has 4 N–H and O–H groups in total. The van der Waals surface area contributed by atoms with Crippen LogP contribution in [0.5, 0.6) is 0 Å². The molecule has 1 aromatic heterocycles. The number of ether oxygens (including phenoxy) is 1. The predicted molar refractivity (Wildman–Crippen MR) is 163 cm³/mol. The number of aryl methyl sites for hydroxylation is 1. The zero-order valence-corrected chi connectivity index (χ0v) is 24.7. The van der Waals surface area contributed by atoms with Gasteiger partial charge in [-0.2, -0.15) is 8.42 Å². The molecular weight excluding hydrogens is 576 g/mol. The van der Waals surface area contributed by atoms with E-state index in [1.807, 2.05) is 72.3 Å². The number of thiazole rings is 1. The number of carbonyl (C=O) groups excluding carboxylic acids is 2. The third-order valence-corrected chi connectivity index (χ3v) is 8.17. The zero-order valence-electron chi connectivity index (χ0n) is 23.1. The number of hydrogen-bond donors (Lipinski definition) is 4. The molecule has 0 fully saturated rings. The molecule has 0 bridgehead atoms. The van der Waals surface area contributed by atoms with Gasteiger partial charge in [-0.3, -0.25) is 14.1 Å². The number of nitrogens with one attached hydrogen (secondary N) is 3. The standard InChI is InChI=1S/C30H32N4O6S2/c1-3-24-27(22-12-8-5-9-13-22)41-29(32-24)26(19-21-14-16-23(17-15-21)34-42(37,38)39)31-28(35)25(33-30(36)40-2)18-20-10-6-4-7-11-20/h4-17,25-26,34H,3,18-19H2,1-2H3,(H,31,35)(H,33,36)(H,37,38,39)/t25-,26-/m0/s1. The molecule has 220 valence electrons. The van der Waals surface area contributed by atoms with Gasteiger partial charge in [0.15, 0.2) is 0 Å². The quantitative estimate of drug-likeness (QED) is 0.166. The van der Waals surface area contributed by atoms with E-state index in [1.54, 1.807) is 12.1 Å². The van der Waals surface area contributed by atoms with Crippen LogP contribution in [0, 0.1) is 0 Å². The van der Waals surface area contributed by atoms with E-state index in [0.29, 0.717) is 17.8 Å². The molecule has 0 unspecified atom stereocenters. The number of nitrogens with zero attached hydrogens (tertiary/aromatic N) is 1. The van der Waals surface area contributed by atoms with Crippen LogP contribution in [-0.2, 0) is 39.1 Å². The number of anilines is 1. The van der Waals surface area contributed by atoms with Gasteiger partial charge in [-0.25, -0.2) is 9.78 Å². The van der Waals surface area contributed by atoms with Crippen molar-refractivity contribution in [2.24, 2.45) is 0 Å². The Balaban J connectivity index is 1.66. The number of aromatic nitrogens is 1. The lowest BCUT2D eigenvalue weighted by atomic mass is 10.0. The van der Waals surface area contributed by atoms with Crippen LogP contribution in [0.15, 0.2) is 84.9 Å². The second-order valence-electron chi connectivity index (χ2n) is 9.47. The van der Waals surface area contributed by atoms with E-state index in [4.69, 9.17) is 14.3 Å². The largest absolute Gasteiger partial charge is 0.453 e. The van der Waals surface area contributed by atoms with Crippen molar-refractivity contribution in [2.45, 2.75) is 38.3 Å². The molecular formula is C30H32N4O6S2. The molecule has 12 heteroatoms. The van der Waals surface area contributed by atoms with E-state index >= 15 is 0 Å². The summed E-state index contributed by atoms with van der Waals surface area (Å²) >= 11 is 1.49. The molecule has 4 aromatic rings. The maximum Gasteiger partial charge on any atom is 0.407 e. The maximum atomic E-state index is 13.7. The number of hydrogen-bond acceptors (Lipinski definition) is 7. The summed E-state index contributed by atoms with van der Waals surface area (Å²) in [5, 5.41) is 6.42. The van der Waals surface area contributed by atoms with E-state index < -0.39 is 34.4 Å². The smallest absolute Gasteiger partial charge is 0.407 e. The van der Waals surface area contributed by atoms with Gasteiger partial charge >= 0.3 is 16.4 Å². The second kappa shape index (κ2) is 14.1. The Kier molecular flexibility index (Phi) is 10.3. The molecule has 0 aliphatic heterocycles. The van der Waals surface area contributed by atoms with Crippen LogP contribution >= 0.6 is 11.3 Å². The summed E-state index contributed by atoms with van der Waals surface area (Å²) < 4.78 is 38.3. The summed E-state index contributed by atoms with van der Waals surface area (Å²) in [5.41, 5.74) is 3.78. The Labute approximate surface area is 249 Å². The van der Waals surface area contributed by atoms with E-state index in [1.165, 1.54) is 30.6 Å². The first-order valence-electron chi connectivity index (χ1n) is 13.2. The van der Waals surface area contributed by atoms with Crippen molar-refractivity contribution in [1.82, 2.24) is 15.6 Å². The van der Waals surface area contributed by atoms with Crippen LogP contribution < -0.4 is 15.4 Å². The molecule has 0 aliphatic carbocycles. The highest BCUT2D eigenvalue weighted by Gasteiger charge is 2.27. The van der Waals surface area contributed by atoms with Gasteiger partial charge in [0, 0.05) is 6.42 Å². The first kappa shape index (κ1) is 30.7. The summed E-state index contributed by atoms with van der Waals surface area (Å²) in [6.07, 6.45) is 0.549. The fourth-order valence-electron chi connectivity index (χ4n) is 4.40. The lowest BCUT2D eigenvalue weighted by Gasteiger charge is -2.22. The molecule has 0 spiro atoms. The first-order valence-corrected chi connectivity index (χ1v) is 15.5. The molecule has 1 heterocycles. The lowest BCUT2D eigenvalue weighted by molar-refractivity contribution is -0.123. The average Bonchev–Trinajstić information content (AvgIpc) is 3.42. The van der Waals surface area contributed by atoms with Gasteiger partial charge < -0.3 is 15.4 Å². The highest BCUT2D eigenvalue weighted by molar-refractivity contribution is 7.87. The van der Waals surface area contributed by atoms with Gasteiger partial charge in [-0.05, 0) is 41.7 Å². The molecule has 0 saturated heterocycles. The third-order valence-electron chi connectivity index (χ3n) is 6.42. The van der Waals surface area contributed by atoms with Crippen molar-refractivity contribution in [2.75, 3.05) is 11.8 Å². The number of benzene rings is 3. The highest BCUT2D eigenvalue weighted by Crippen LogP contribution is 2.34. The van der Waals surface area contributed by atoms with E-state index in [0.717, 1.165) is 27.3 Å². The molecule has 3 aromatic carbocycles. The van der Waals surface area contributed by atoms with Crippen molar-refractivity contribution in [3.63, 3.8) is 0 Å². The molecule has 0 saturated carbocycles. The number of methoxy groups -OCH3 is 1. The lowest BCUT2D eigenvalue weighted by Crippen LogP contribution is -2.49. The monoisotopic (exact) mass is 608 g/mol. The minimum atomic E-state index is -4.41. The normalized spacial score (nSPS) is 12.6. The zero-order chi connectivity index (χ0) is 30.1. The molecule has 0 aliphatic rings. The SMILES string of the molecule is CCc1nc([C@H](Cc2ccc(NS(=O)(=O)O)cc2)NC(=O)[C@H](Cc2ccccc2)NC(=O)OC)sc1-c1ccccc1. The van der Waals surface area contributed by atoms with Gasteiger partial charge in [-0.15, -0.1) is 11.3 Å². The minimum Gasteiger partial charge on any atom is -0.453 e. The first-order chi connectivity index (χ1) is 20.1. The molecule has 4 rings (SSSR count). The Hall–Kier alpha value is -4.26. The van der Waals surface area contributed by atoms with Crippen molar-refractivity contribution >= 4 is 39.3 Å². The van der Waals surface area contributed by atoms with Crippen LogP contribution in [0.2, 0.25) is 0 Å². The Morgan fingerprint density at radius 2 is 1.52 bits per heavy atom. The topological polar surface area (TPSA) is 147 Å². The van der Waals surface area contributed by atoms with Crippen LogP contribution in [0.1, 0.15) is 34.8 Å². The van der Waals surface area contributed by atoms with Crippen LogP contribution in [-0.4, -0.2) is 43.1 Å². The minimum absolute atomic E-state index is 0.195. The molecule has 10 nitrogen and oxygen atoms in total. The molecule has 42 heavy (non-hydrogen) atoms. The van der Waals surface area contributed by atoms with E-state index in [-0.39, 0.29) is 12.1 Å². The van der Waals surface area contributed by atoms with Crippen LogP contribution in [0.4, 0.5) is 10.5 Å². The molecule has 2 atom stereocenters. The van der Waals surface area contributed by atoms with Crippen molar-refractivity contribution in [1.29, 1.82) is 0 Å². The summed E-state index contributed by atoms with van der Waals surface area (Å²) in [7, 11) is -3.17. The van der Waals surface area contributed by atoms with Gasteiger partial charge in [0.05, 0.1) is 29.4 Å². The predicted octanol–water partition coefficient (Wildman–Crippen LogP) is 4.95. The summed E-state index contributed by atoms with van der Waals surface area (Å²) in [4.78, 5) is 31.8. The second-order valence-corrected chi connectivity index (χ2v) is 11.6. The van der Waals surface area contributed by atoms with Crippen LogP contribution in [0.3, 0.4) is 0 Å². The van der Waals surface area contributed by atoms with Crippen molar-refractivity contribution in [3.8, 4) is 10.4 Å². The number of alkyl carbamates (subject to hydrolysis) is 1. The van der Waals surface area contributed by atoms with E-state index in [2.05, 4.69) is 10.6 Å². The summed E-state index contributed by atoms with van der Waals surface area (Å²) in [6, 6.07) is 24.2. The Bertz CT molecular complexity index is 1590. The van der Waals surface area contributed by atoms with Gasteiger partial charge in [0.25, 0.3) is 0 Å². The van der Waals surface area contributed by atoms with Gasteiger partial charge in [0.2, 0.25) is 5.91 Å². The average molecular weight is 609 g/mol. The van der Waals surface area contributed by atoms with E-state index in [9.17, 15) is 18.0 Å². The van der Waals surface area contributed by atoms with Gasteiger partial charge in [-0.1, -0.05) is 79.7 Å². The molecule has 2 amide bonds. The van der Waals surface area contributed by atoms with Crippen LogP contribution in [0.25, 0.3) is 10.4 Å². The van der Waals surface area contributed by atoms with Crippen molar-refractivity contribution in [3.05, 3.63) is 107 Å². The summed E-state index contributed by atoms with van der Waals surface area (Å²) in [5.74, 6) is -0.409. The number of carbonyl (C=O) groups is 2. The fourth-order valence-corrected chi connectivity index (χ4v) is 6.05. The highest BCUT2D eigenvalue weighted by atomic mass is 32.2. The van der Waals surface area contributed by atoms with Crippen molar-refractivity contribution < 1.29 is 27.3 Å². The van der Waals surface area contributed by atoms with Gasteiger partial charge in [0.1, 0.15) is 11.0 Å². The number of rotatable bonds is 12. The summed E-state index contributed by atoms with van der Waals surface area (Å²) in [6.45, 7) is 2.02. The maximum absolute atomic E-state index is 13.7. The Morgan fingerprint density at radius 3 is 2.12 bits per heavy atom. The number of amides is 2. The fraction of sp³-hybridized carbons (Fsp3) is 0.233.